The van der Waals surface area contributed by atoms with Gasteiger partial charge in [0.05, 0.1) is 29.8 Å². The first-order chi connectivity index (χ1) is 13.5. The molecule has 1 aromatic carbocycles. The number of alkyl halides is 3. The number of hydrogen-bond donors (Lipinski definition) is 1. The van der Waals surface area contributed by atoms with E-state index >= 15 is 0 Å². The van der Waals surface area contributed by atoms with Crippen molar-refractivity contribution >= 4 is 17.7 Å². The van der Waals surface area contributed by atoms with E-state index in [1.807, 2.05) is 27.7 Å². The van der Waals surface area contributed by atoms with Gasteiger partial charge in [-0.25, -0.2) is 4.98 Å². The minimum absolute atomic E-state index is 0.0424. The fourth-order valence-corrected chi connectivity index (χ4v) is 4.07. The number of aliphatic hydroxyl groups excluding tert-OH is 1. The van der Waals surface area contributed by atoms with E-state index in [-0.39, 0.29) is 36.9 Å². The Morgan fingerprint density at radius 1 is 1.24 bits per heavy atom. The van der Waals surface area contributed by atoms with Gasteiger partial charge < -0.3 is 14.6 Å². The molecule has 0 spiro atoms. The Morgan fingerprint density at radius 2 is 1.90 bits per heavy atom. The number of aliphatic hydroxyl groups is 1. The molecule has 5 nitrogen and oxygen atoms in total. The number of hydrogen-bond acceptors (Lipinski definition) is 4. The van der Waals surface area contributed by atoms with Crippen molar-refractivity contribution in [2.75, 3.05) is 5.75 Å². The molecule has 0 saturated carbocycles. The minimum Gasteiger partial charge on any atom is -0.390 e. The van der Waals surface area contributed by atoms with E-state index in [2.05, 4.69) is 4.98 Å². The fraction of sp³-hybridized carbons (Fsp3) is 0.500. The molecule has 1 heterocycles. The fourth-order valence-electron chi connectivity index (χ4n) is 3.20. The van der Waals surface area contributed by atoms with E-state index in [1.54, 1.807) is 15.5 Å². The highest BCUT2D eigenvalue weighted by molar-refractivity contribution is 7.99. The van der Waals surface area contributed by atoms with E-state index in [1.165, 1.54) is 24.0 Å². The van der Waals surface area contributed by atoms with Gasteiger partial charge in [-0.05, 0) is 45.4 Å². The largest absolute Gasteiger partial charge is 0.416 e. The third-order valence-electron chi connectivity index (χ3n) is 4.38. The van der Waals surface area contributed by atoms with Crippen molar-refractivity contribution < 1.29 is 23.1 Å². The van der Waals surface area contributed by atoms with Crippen LogP contribution in [-0.2, 0) is 24.1 Å². The number of carbonyl (C=O) groups excluding carboxylic acids is 1. The van der Waals surface area contributed by atoms with E-state index in [4.69, 9.17) is 0 Å². The van der Waals surface area contributed by atoms with Crippen molar-refractivity contribution in [2.24, 2.45) is 0 Å². The van der Waals surface area contributed by atoms with Crippen LogP contribution in [0.5, 0.6) is 0 Å². The second-order valence-corrected chi connectivity index (χ2v) is 8.19. The summed E-state index contributed by atoms with van der Waals surface area (Å²) in [5, 5.41) is 10.1. The number of benzene rings is 1. The number of carbonyl (C=O) groups is 1. The van der Waals surface area contributed by atoms with Crippen molar-refractivity contribution in [1.82, 2.24) is 14.5 Å². The van der Waals surface area contributed by atoms with Gasteiger partial charge in [-0.3, -0.25) is 4.79 Å². The van der Waals surface area contributed by atoms with Crippen LogP contribution in [0.25, 0.3) is 0 Å². The number of aromatic nitrogens is 2. The quantitative estimate of drug-likeness (QED) is 0.640. The number of thioether (sulfide) groups is 1. The lowest BCUT2D eigenvalue weighted by Gasteiger charge is -2.30. The molecule has 1 amide bonds. The summed E-state index contributed by atoms with van der Waals surface area (Å²) in [4.78, 5) is 18.6. The second kappa shape index (κ2) is 9.67. The number of rotatable bonds is 8. The number of amides is 1. The number of halogens is 3. The highest BCUT2D eigenvalue weighted by Crippen LogP contribution is 2.30. The lowest BCUT2D eigenvalue weighted by Crippen LogP contribution is -2.43. The molecular weight excluding hydrogens is 403 g/mol. The first-order valence-corrected chi connectivity index (χ1v) is 10.3. The molecule has 1 aromatic heterocycles. The zero-order valence-corrected chi connectivity index (χ0v) is 17.7. The van der Waals surface area contributed by atoms with Crippen molar-refractivity contribution in [3.05, 3.63) is 47.3 Å². The Labute approximate surface area is 172 Å². The molecule has 0 bridgehead atoms. The first kappa shape index (κ1) is 23.3. The van der Waals surface area contributed by atoms with Crippen molar-refractivity contribution in [3.63, 3.8) is 0 Å². The van der Waals surface area contributed by atoms with Crippen LogP contribution in [0.3, 0.4) is 0 Å². The third-order valence-corrected chi connectivity index (χ3v) is 5.36. The van der Waals surface area contributed by atoms with Crippen molar-refractivity contribution in [3.8, 4) is 0 Å². The molecule has 29 heavy (non-hydrogen) atoms. The molecule has 0 aliphatic heterocycles. The predicted octanol–water partition coefficient (Wildman–Crippen LogP) is 4.18. The molecule has 0 atom stereocenters. The summed E-state index contributed by atoms with van der Waals surface area (Å²) >= 11 is 1.21. The highest BCUT2D eigenvalue weighted by atomic mass is 32.2. The molecule has 0 fully saturated rings. The van der Waals surface area contributed by atoms with E-state index in [9.17, 15) is 23.1 Å². The SMILES string of the molecule is CC(C)N(C(=O)CSc1ncc(CO)n1Cc1cccc(C(F)(F)F)c1)C(C)C. The summed E-state index contributed by atoms with van der Waals surface area (Å²) < 4.78 is 40.6. The monoisotopic (exact) mass is 429 g/mol. The molecule has 0 saturated heterocycles. The van der Waals surface area contributed by atoms with Crippen LogP contribution in [0.15, 0.2) is 35.6 Å². The third kappa shape index (κ3) is 5.99. The molecule has 0 aliphatic rings. The predicted molar refractivity (Wildman–Crippen MR) is 107 cm³/mol. The van der Waals surface area contributed by atoms with Crippen LogP contribution in [0.2, 0.25) is 0 Å². The van der Waals surface area contributed by atoms with Crippen LogP contribution in [-0.4, -0.2) is 43.3 Å². The number of nitrogens with zero attached hydrogens (tertiary/aromatic N) is 3. The van der Waals surface area contributed by atoms with E-state index < -0.39 is 11.7 Å². The Balaban J connectivity index is 2.21. The topological polar surface area (TPSA) is 58.4 Å². The van der Waals surface area contributed by atoms with Crippen LogP contribution in [0, 0.1) is 0 Å². The van der Waals surface area contributed by atoms with E-state index in [0.29, 0.717) is 16.4 Å². The summed E-state index contributed by atoms with van der Waals surface area (Å²) in [5.41, 5.74) is 0.183. The minimum atomic E-state index is -4.42. The van der Waals surface area contributed by atoms with Gasteiger partial charge in [0.1, 0.15) is 0 Å². The van der Waals surface area contributed by atoms with Gasteiger partial charge in [0.2, 0.25) is 5.91 Å². The standard InChI is InChI=1S/C20H26F3N3O2S/c1-13(2)26(14(3)4)18(28)12-29-19-24-9-17(11-27)25(19)10-15-6-5-7-16(8-15)20(21,22)23/h5-9,13-14,27H,10-12H2,1-4H3. The summed E-state index contributed by atoms with van der Waals surface area (Å²) in [5.74, 6) is 0.111. The van der Waals surface area contributed by atoms with Gasteiger partial charge in [-0.2, -0.15) is 13.2 Å². The molecule has 0 aliphatic carbocycles. The maximum absolute atomic E-state index is 13.0. The van der Waals surface area contributed by atoms with Gasteiger partial charge in [0, 0.05) is 18.6 Å². The Hall–Kier alpha value is -2.00. The summed E-state index contributed by atoms with van der Waals surface area (Å²) in [6.45, 7) is 7.60. The Bertz CT molecular complexity index is 827. The first-order valence-electron chi connectivity index (χ1n) is 9.30. The van der Waals surface area contributed by atoms with Gasteiger partial charge in [-0.15, -0.1) is 0 Å². The summed E-state index contributed by atoms with van der Waals surface area (Å²) in [6, 6.07) is 5.16. The molecular formula is C20H26F3N3O2S. The molecule has 0 unspecified atom stereocenters. The molecule has 160 valence electrons. The Morgan fingerprint density at radius 3 is 2.45 bits per heavy atom. The molecule has 9 heteroatoms. The highest BCUT2D eigenvalue weighted by Gasteiger charge is 2.30. The summed E-state index contributed by atoms with van der Waals surface area (Å²) in [6.07, 6.45) is -2.95. The van der Waals surface area contributed by atoms with Crippen LogP contribution in [0.4, 0.5) is 13.2 Å². The maximum atomic E-state index is 13.0. The molecule has 2 aromatic rings. The summed E-state index contributed by atoms with van der Waals surface area (Å²) in [7, 11) is 0. The zero-order valence-electron chi connectivity index (χ0n) is 16.9. The lowest BCUT2D eigenvalue weighted by molar-refractivity contribution is -0.137. The van der Waals surface area contributed by atoms with Gasteiger partial charge in [-0.1, -0.05) is 23.9 Å². The van der Waals surface area contributed by atoms with Gasteiger partial charge >= 0.3 is 6.18 Å². The zero-order chi connectivity index (χ0) is 21.8. The molecule has 1 N–H and O–H groups in total. The normalized spacial score (nSPS) is 12.1. The maximum Gasteiger partial charge on any atom is 0.416 e. The average molecular weight is 430 g/mol. The average Bonchev–Trinajstić information content (AvgIpc) is 3.00. The van der Waals surface area contributed by atoms with Crippen LogP contribution >= 0.6 is 11.8 Å². The Kier molecular flexibility index (Phi) is 7.76. The lowest BCUT2D eigenvalue weighted by atomic mass is 10.1. The number of imidazole rings is 1. The van der Waals surface area contributed by atoms with Crippen molar-refractivity contribution in [1.29, 1.82) is 0 Å². The molecule has 2 rings (SSSR count). The van der Waals surface area contributed by atoms with E-state index in [0.717, 1.165) is 12.1 Å². The van der Waals surface area contributed by atoms with Gasteiger partial charge in [0.15, 0.2) is 5.16 Å². The smallest absolute Gasteiger partial charge is 0.390 e. The van der Waals surface area contributed by atoms with Gasteiger partial charge in [0.25, 0.3) is 0 Å². The second-order valence-electron chi connectivity index (χ2n) is 7.25. The van der Waals surface area contributed by atoms with Crippen molar-refractivity contribution in [2.45, 2.75) is 64.3 Å². The van der Waals surface area contributed by atoms with Crippen LogP contribution in [0.1, 0.15) is 44.5 Å². The molecule has 0 radical (unpaired) electrons. The van der Waals surface area contributed by atoms with Crippen LogP contribution < -0.4 is 0 Å².